The highest BCUT2D eigenvalue weighted by Crippen LogP contribution is 2.38. The minimum Gasteiger partial charge on any atom is -0.489 e. The summed E-state index contributed by atoms with van der Waals surface area (Å²) >= 11 is 1.85. The molecule has 1 fully saturated rings. The Labute approximate surface area is 160 Å². The van der Waals surface area contributed by atoms with Crippen LogP contribution < -0.4 is 4.74 Å². The first-order valence-corrected chi connectivity index (χ1v) is 10.5. The van der Waals surface area contributed by atoms with Gasteiger partial charge >= 0.3 is 0 Å². The molecule has 1 amide bonds. The summed E-state index contributed by atoms with van der Waals surface area (Å²) < 4.78 is 5.86. The summed E-state index contributed by atoms with van der Waals surface area (Å²) in [7, 11) is 0. The largest absolute Gasteiger partial charge is 0.489 e. The highest BCUT2D eigenvalue weighted by atomic mass is 32.2. The summed E-state index contributed by atoms with van der Waals surface area (Å²) in [5.74, 6) is 2.16. The average Bonchev–Trinajstić information content (AvgIpc) is 3.18. The van der Waals surface area contributed by atoms with Crippen LogP contribution in [0.3, 0.4) is 0 Å². The fourth-order valence-electron chi connectivity index (χ4n) is 3.14. The molecule has 0 saturated carbocycles. The Morgan fingerprint density at radius 1 is 1.12 bits per heavy atom. The molecule has 138 valence electrons. The van der Waals surface area contributed by atoms with Crippen molar-refractivity contribution in [2.45, 2.75) is 44.6 Å². The van der Waals surface area contributed by atoms with Crippen LogP contribution in [0.1, 0.15) is 49.1 Å². The zero-order valence-corrected chi connectivity index (χ0v) is 16.2. The number of hydrogen-bond acceptors (Lipinski definition) is 3. The maximum absolute atomic E-state index is 12.5. The molecule has 26 heavy (non-hydrogen) atoms. The molecular weight excluding hydrogens is 342 g/mol. The second-order valence-electron chi connectivity index (χ2n) is 6.61. The third-order valence-corrected chi connectivity index (χ3v) is 5.88. The summed E-state index contributed by atoms with van der Waals surface area (Å²) in [6.07, 6.45) is 3.94. The van der Waals surface area contributed by atoms with Gasteiger partial charge in [0, 0.05) is 18.7 Å². The van der Waals surface area contributed by atoms with Gasteiger partial charge in [-0.25, -0.2) is 0 Å². The van der Waals surface area contributed by atoms with Crippen LogP contribution in [0, 0.1) is 0 Å². The molecule has 0 aromatic heterocycles. The summed E-state index contributed by atoms with van der Waals surface area (Å²) in [4.78, 5) is 14.6. The molecular formula is C22H27NO2S. The summed E-state index contributed by atoms with van der Waals surface area (Å²) in [5.41, 5.74) is 2.34. The number of amides is 1. The van der Waals surface area contributed by atoms with E-state index in [0.717, 1.165) is 42.9 Å². The summed E-state index contributed by atoms with van der Waals surface area (Å²) in [5, 5.41) is 0.146. The molecule has 0 aliphatic carbocycles. The highest BCUT2D eigenvalue weighted by molar-refractivity contribution is 7.99. The maximum atomic E-state index is 12.5. The molecule has 0 N–H and O–H groups in total. The molecule has 1 aliphatic rings. The summed E-state index contributed by atoms with van der Waals surface area (Å²) in [6.45, 7) is 3.59. The van der Waals surface area contributed by atoms with Gasteiger partial charge in [0.15, 0.2) is 0 Å². The zero-order chi connectivity index (χ0) is 18.2. The van der Waals surface area contributed by atoms with Crippen molar-refractivity contribution in [1.82, 2.24) is 4.90 Å². The van der Waals surface area contributed by atoms with Crippen LogP contribution in [0.2, 0.25) is 0 Å². The first kappa shape index (κ1) is 18.8. The van der Waals surface area contributed by atoms with E-state index in [4.69, 9.17) is 4.74 Å². The van der Waals surface area contributed by atoms with Crippen LogP contribution in [-0.4, -0.2) is 23.1 Å². The van der Waals surface area contributed by atoms with Crippen molar-refractivity contribution in [3.63, 3.8) is 0 Å². The molecule has 1 aliphatic heterocycles. The topological polar surface area (TPSA) is 29.5 Å². The monoisotopic (exact) mass is 369 g/mol. The lowest BCUT2D eigenvalue weighted by molar-refractivity contribution is -0.131. The number of carbonyl (C=O) groups is 1. The normalized spacial score (nSPS) is 16.7. The van der Waals surface area contributed by atoms with Gasteiger partial charge in [0.05, 0.1) is 0 Å². The second kappa shape index (κ2) is 9.67. The van der Waals surface area contributed by atoms with Gasteiger partial charge in [-0.15, -0.1) is 11.8 Å². The van der Waals surface area contributed by atoms with Crippen LogP contribution in [0.25, 0.3) is 0 Å². The van der Waals surface area contributed by atoms with Gasteiger partial charge < -0.3 is 9.64 Å². The summed E-state index contributed by atoms with van der Waals surface area (Å²) in [6, 6.07) is 18.4. The lowest BCUT2D eigenvalue weighted by atomic mass is 10.1. The average molecular weight is 370 g/mol. The van der Waals surface area contributed by atoms with E-state index < -0.39 is 0 Å². The van der Waals surface area contributed by atoms with Gasteiger partial charge in [0.2, 0.25) is 5.91 Å². The van der Waals surface area contributed by atoms with Crippen molar-refractivity contribution < 1.29 is 9.53 Å². The van der Waals surface area contributed by atoms with Gasteiger partial charge in [0.25, 0.3) is 0 Å². The van der Waals surface area contributed by atoms with Crippen LogP contribution in [0.5, 0.6) is 5.75 Å². The fraction of sp³-hybridized carbons (Fsp3) is 0.409. The number of benzene rings is 2. The lowest BCUT2D eigenvalue weighted by Crippen LogP contribution is -2.30. The third kappa shape index (κ3) is 5.04. The van der Waals surface area contributed by atoms with E-state index in [1.807, 2.05) is 47.0 Å². The van der Waals surface area contributed by atoms with Crippen molar-refractivity contribution in [2.75, 3.05) is 12.3 Å². The van der Waals surface area contributed by atoms with Gasteiger partial charge in [0.1, 0.15) is 17.7 Å². The predicted molar refractivity (Wildman–Crippen MR) is 108 cm³/mol. The Balaban J connectivity index is 1.57. The van der Waals surface area contributed by atoms with Crippen molar-refractivity contribution >= 4 is 17.7 Å². The molecule has 2 aromatic carbocycles. The third-order valence-electron chi connectivity index (χ3n) is 4.62. The van der Waals surface area contributed by atoms with Crippen LogP contribution in [-0.2, 0) is 11.4 Å². The van der Waals surface area contributed by atoms with Crippen molar-refractivity contribution in [1.29, 1.82) is 0 Å². The molecule has 0 bridgehead atoms. The minimum absolute atomic E-state index is 0.146. The lowest BCUT2D eigenvalue weighted by Gasteiger charge is -2.24. The smallest absolute Gasteiger partial charge is 0.223 e. The van der Waals surface area contributed by atoms with Crippen molar-refractivity contribution in [3.8, 4) is 5.75 Å². The molecule has 1 atom stereocenters. The Hall–Kier alpha value is -1.94. The molecule has 1 unspecified atom stereocenters. The van der Waals surface area contributed by atoms with E-state index in [-0.39, 0.29) is 11.3 Å². The zero-order valence-electron chi connectivity index (χ0n) is 15.4. The van der Waals surface area contributed by atoms with E-state index >= 15 is 0 Å². The number of thioether (sulfide) groups is 1. The predicted octanol–water partition coefficient (Wildman–Crippen LogP) is 5.42. The van der Waals surface area contributed by atoms with Crippen LogP contribution >= 0.6 is 11.8 Å². The molecule has 1 saturated heterocycles. The van der Waals surface area contributed by atoms with Gasteiger partial charge in [-0.2, -0.15) is 0 Å². The second-order valence-corrected chi connectivity index (χ2v) is 7.80. The number of ether oxygens (including phenoxy) is 1. The van der Waals surface area contributed by atoms with E-state index in [2.05, 4.69) is 31.2 Å². The molecule has 4 heteroatoms. The minimum atomic E-state index is 0.146. The van der Waals surface area contributed by atoms with E-state index in [1.165, 1.54) is 5.56 Å². The molecule has 3 nitrogen and oxygen atoms in total. The number of rotatable bonds is 8. The molecule has 2 aromatic rings. The van der Waals surface area contributed by atoms with Crippen LogP contribution in [0.4, 0.5) is 0 Å². The molecule has 0 radical (unpaired) electrons. The standard InChI is InChI=1S/C22H27NO2S/c1-2-3-5-10-21(24)23-15-16-26-22(23)19-11-13-20(14-12-19)25-17-18-8-6-4-7-9-18/h4,6-9,11-14,22H,2-3,5,10,15-17H2,1H3. The van der Waals surface area contributed by atoms with Gasteiger partial charge in [-0.3, -0.25) is 4.79 Å². The SMILES string of the molecule is CCCCCC(=O)N1CCSC1c1ccc(OCc2ccccc2)cc1. The Kier molecular flexibility index (Phi) is 7.01. The number of unbranched alkanes of at least 4 members (excludes halogenated alkanes) is 2. The Bertz CT molecular complexity index is 687. The quantitative estimate of drug-likeness (QED) is 0.582. The fourth-order valence-corrected chi connectivity index (χ4v) is 4.42. The number of nitrogens with zero attached hydrogens (tertiary/aromatic N) is 1. The molecule has 0 spiro atoms. The van der Waals surface area contributed by atoms with Gasteiger partial charge in [-0.05, 0) is 29.7 Å². The Morgan fingerprint density at radius 3 is 2.62 bits per heavy atom. The van der Waals surface area contributed by atoms with Crippen molar-refractivity contribution in [3.05, 3.63) is 65.7 Å². The Morgan fingerprint density at radius 2 is 1.88 bits per heavy atom. The number of carbonyl (C=O) groups excluding carboxylic acids is 1. The molecule has 1 heterocycles. The van der Waals surface area contributed by atoms with E-state index in [0.29, 0.717) is 13.0 Å². The highest BCUT2D eigenvalue weighted by Gasteiger charge is 2.30. The van der Waals surface area contributed by atoms with E-state index in [1.54, 1.807) is 0 Å². The first-order chi connectivity index (χ1) is 12.8. The maximum Gasteiger partial charge on any atom is 0.223 e. The molecule has 3 rings (SSSR count). The first-order valence-electron chi connectivity index (χ1n) is 9.45. The van der Waals surface area contributed by atoms with Crippen molar-refractivity contribution in [2.24, 2.45) is 0 Å². The van der Waals surface area contributed by atoms with Gasteiger partial charge in [-0.1, -0.05) is 62.2 Å². The number of hydrogen-bond donors (Lipinski definition) is 0. The van der Waals surface area contributed by atoms with E-state index in [9.17, 15) is 4.79 Å². The van der Waals surface area contributed by atoms with Crippen LogP contribution in [0.15, 0.2) is 54.6 Å².